The van der Waals surface area contributed by atoms with E-state index in [1.165, 1.54) is 23.3 Å². The fraction of sp³-hybridized carbons (Fsp3) is 0.400. The summed E-state index contributed by atoms with van der Waals surface area (Å²) in [5.41, 5.74) is 6.74. The molecule has 2 aliphatic rings. The minimum atomic E-state index is -0.467. The van der Waals surface area contributed by atoms with Crippen molar-refractivity contribution in [3.63, 3.8) is 0 Å². The maximum atomic E-state index is 13.0. The molecule has 0 bridgehead atoms. The zero-order chi connectivity index (χ0) is 34.8. The first-order valence-corrected chi connectivity index (χ1v) is 17.7. The zero-order valence-corrected chi connectivity index (χ0v) is 29.0. The highest BCUT2D eigenvalue weighted by molar-refractivity contribution is 5.79. The summed E-state index contributed by atoms with van der Waals surface area (Å²) in [5, 5.41) is 18.2. The number of carbonyl (C=O) groups is 2. The first-order chi connectivity index (χ1) is 23.8. The van der Waals surface area contributed by atoms with Crippen LogP contribution in [0.1, 0.15) is 88.3 Å². The molecule has 5 rings (SSSR count). The van der Waals surface area contributed by atoms with Gasteiger partial charge in [-0.1, -0.05) is 93.6 Å². The van der Waals surface area contributed by atoms with Crippen molar-refractivity contribution in [1.29, 1.82) is 0 Å². The van der Waals surface area contributed by atoms with Gasteiger partial charge >= 0.3 is 0 Å². The SMILES string of the molecule is CCCC(=O)NC1=C(CC)NC(CC)=C(N(C=O)CCCN2CCC(c3ccccc3)(c3ccccc3)CC2)C1c1ccc([N+](=O)[O-])cc1. The Balaban J connectivity index is 1.36. The number of nitrogens with one attached hydrogen (secondary N) is 2. The van der Waals surface area contributed by atoms with E-state index in [-0.39, 0.29) is 17.0 Å². The number of benzene rings is 3. The largest absolute Gasteiger partial charge is 0.359 e. The van der Waals surface area contributed by atoms with Crippen molar-refractivity contribution in [2.45, 2.75) is 77.0 Å². The third-order valence-corrected chi connectivity index (χ3v) is 10.1. The lowest BCUT2D eigenvalue weighted by molar-refractivity contribution is -0.384. The Hall–Kier alpha value is -4.76. The second-order valence-electron chi connectivity index (χ2n) is 13.0. The monoisotopic (exact) mass is 663 g/mol. The summed E-state index contributed by atoms with van der Waals surface area (Å²) in [5.74, 6) is -0.563. The maximum Gasteiger partial charge on any atom is 0.269 e. The number of nitro benzene ring substituents is 1. The van der Waals surface area contributed by atoms with Crippen LogP contribution < -0.4 is 10.6 Å². The van der Waals surface area contributed by atoms with Crippen molar-refractivity contribution < 1.29 is 14.5 Å². The van der Waals surface area contributed by atoms with Crippen LogP contribution in [-0.2, 0) is 15.0 Å². The van der Waals surface area contributed by atoms with E-state index >= 15 is 0 Å². The highest BCUT2D eigenvalue weighted by atomic mass is 16.6. The van der Waals surface area contributed by atoms with E-state index in [0.717, 1.165) is 68.0 Å². The molecule has 2 heterocycles. The third kappa shape index (κ3) is 7.94. The number of allylic oxidation sites excluding steroid dienone is 2. The molecule has 0 saturated carbocycles. The molecular formula is C40H49N5O4. The number of piperidine rings is 1. The summed E-state index contributed by atoms with van der Waals surface area (Å²) in [7, 11) is 0. The molecule has 1 saturated heterocycles. The number of nitro groups is 1. The molecule has 2 N–H and O–H groups in total. The molecule has 0 aliphatic carbocycles. The molecule has 1 unspecified atom stereocenters. The van der Waals surface area contributed by atoms with Crippen LogP contribution in [0, 0.1) is 10.1 Å². The van der Waals surface area contributed by atoms with E-state index < -0.39 is 10.8 Å². The van der Waals surface area contributed by atoms with E-state index in [1.54, 1.807) is 17.0 Å². The third-order valence-electron chi connectivity index (χ3n) is 10.1. The molecule has 9 nitrogen and oxygen atoms in total. The topological polar surface area (TPSA) is 108 Å². The fourth-order valence-electron chi connectivity index (χ4n) is 7.50. The highest BCUT2D eigenvalue weighted by Crippen LogP contribution is 2.42. The summed E-state index contributed by atoms with van der Waals surface area (Å²) in [6.45, 7) is 9.30. The van der Waals surface area contributed by atoms with Gasteiger partial charge in [0, 0.05) is 41.9 Å². The molecule has 0 radical (unpaired) electrons. The summed E-state index contributed by atoms with van der Waals surface area (Å²) in [6, 6.07) is 28.1. The van der Waals surface area contributed by atoms with Crippen LogP contribution in [0.25, 0.3) is 0 Å². The Kier molecular flexibility index (Phi) is 12.0. The molecule has 2 aliphatic heterocycles. The zero-order valence-electron chi connectivity index (χ0n) is 29.0. The van der Waals surface area contributed by atoms with Gasteiger partial charge in [0.1, 0.15) is 0 Å². The second-order valence-corrected chi connectivity index (χ2v) is 13.0. The Morgan fingerprint density at radius 3 is 2.04 bits per heavy atom. The number of non-ortho nitro benzene ring substituents is 1. The van der Waals surface area contributed by atoms with E-state index in [4.69, 9.17) is 0 Å². The average molecular weight is 664 g/mol. The molecule has 0 aromatic heterocycles. The van der Waals surface area contributed by atoms with E-state index in [0.29, 0.717) is 37.9 Å². The molecule has 2 amide bonds. The van der Waals surface area contributed by atoms with Crippen molar-refractivity contribution in [2.24, 2.45) is 0 Å². The first-order valence-electron chi connectivity index (χ1n) is 17.7. The number of rotatable bonds is 15. The smallest absolute Gasteiger partial charge is 0.269 e. The van der Waals surface area contributed by atoms with E-state index in [1.807, 2.05) is 20.8 Å². The van der Waals surface area contributed by atoms with Crippen LogP contribution in [0.2, 0.25) is 0 Å². The van der Waals surface area contributed by atoms with Crippen LogP contribution in [0.5, 0.6) is 0 Å². The van der Waals surface area contributed by atoms with Crippen molar-refractivity contribution in [3.8, 4) is 0 Å². The molecule has 3 aromatic carbocycles. The number of hydrogen-bond donors (Lipinski definition) is 2. The predicted octanol–water partition coefficient (Wildman–Crippen LogP) is 7.37. The molecule has 0 spiro atoms. The molecular weight excluding hydrogens is 614 g/mol. The van der Waals surface area contributed by atoms with Gasteiger partial charge in [0.25, 0.3) is 5.69 Å². The van der Waals surface area contributed by atoms with Crippen LogP contribution in [-0.4, -0.2) is 53.2 Å². The normalized spacial score (nSPS) is 17.7. The second kappa shape index (κ2) is 16.6. The maximum absolute atomic E-state index is 13.0. The number of dihydropyridines is 1. The summed E-state index contributed by atoms with van der Waals surface area (Å²) < 4.78 is 0. The Morgan fingerprint density at radius 1 is 0.939 bits per heavy atom. The molecule has 1 atom stereocenters. The fourth-order valence-corrected chi connectivity index (χ4v) is 7.50. The van der Waals surface area contributed by atoms with E-state index in [2.05, 4.69) is 76.2 Å². The van der Waals surface area contributed by atoms with Gasteiger partial charge in [0.05, 0.1) is 22.2 Å². The van der Waals surface area contributed by atoms with Gasteiger partial charge in [0.2, 0.25) is 12.3 Å². The Labute approximate surface area is 290 Å². The molecule has 49 heavy (non-hydrogen) atoms. The van der Waals surface area contributed by atoms with Gasteiger partial charge in [-0.3, -0.25) is 19.7 Å². The number of likely N-dealkylation sites (tertiary alicyclic amines) is 1. The minimum absolute atomic E-state index is 0.00693. The number of carbonyl (C=O) groups excluding carboxylic acids is 2. The van der Waals surface area contributed by atoms with Crippen molar-refractivity contribution >= 4 is 18.0 Å². The van der Waals surface area contributed by atoms with Crippen molar-refractivity contribution in [1.82, 2.24) is 20.4 Å². The Bertz CT molecular complexity index is 1600. The van der Waals surface area contributed by atoms with Crippen LogP contribution in [0.15, 0.2) is 108 Å². The number of amides is 2. The molecule has 9 heteroatoms. The highest BCUT2D eigenvalue weighted by Gasteiger charge is 2.38. The van der Waals surface area contributed by atoms with Gasteiger partial charge in [-0.15, -0.1) is 0 Å². The van der Waals surface area contributed by atoms with Gasteiger partial charge < -0.3 is 20.4 Å². The number of nitrogens with zero attached hydrogens (tertiary/aromatic N) is 3. The number of hydrogen-bond acceptors (Lipinski definition) is 6. The van der Waals surface area contributed by atoms with Gasteiger partial charge in [-0.2, -0.15) is 0 Å². The van der Waals surface area contributed by atoms with E-state index in [9.17, 15) is 19.7 Å². The molecule has 3 aromatic rings. The van der Waals surface area contributed by atoms with Gasteiger partial charge in [0.15, 0.2) is 0 Å². The standard InChI is InChI=1S/C40H49N5O4/c1-4-14-36(47)42-38-34(5-2)41-35(6-3)39(37(38)30-19-21-33(22-20-30)45(48)49)44(29-46)26-13-25-43-27-23-40(24-28-43,31-15-9-7-10-16-31)32-17-11-8-12-18-32/h7-12,15-22,29,37,41H,4-6,13-14,23-28H2,1-3H3,(H,42,47). The van der Waals surface area contributed by atoms with Crippen LogP contribution in [0.4, 0.5) is 5.69 Å². The quantitative estimate of drug-likeness (QED) is 0.0999. The van der Waals surface area contributed by atoms with Gasteiger partial charge in [-0.25, -0.2) is 0 Å². The lowest BCUT2D eigenvalue weighted by Gasteiger charge is -2.43. The van der Waals surface area contributed by atoms with Crippen molar-refractivity contribution in [3.05, 3.63) is 135 Å². The van der Waals surface area contributed by atoms with Gasteiger partial charge in [-0.05, 0) is 74.8 Å². The molecule has 258 valence electrons. The summed E-state index contributed by atoms with van der Waals surface area (Å²) in [6.07, 6.45) is 6.06. The summed E-state index contributed by atoms with van der Waals surface area (Å²) in [4.78, 5) is 41.2. The van der Waals surface area contributed by atoms with Crippen LogP contribution in [0.3, 0.4) is 0 Å². The lowest BCUT2D eigenvalue weighted by Crippen LogP contribution is -2.44. The first kappa shape index (κ1) is 35.5. The molecule has 1 fully saturated rings. The lowest BCUT2D eigenvalue weighted by atomic mass is 9.68. The average Bonchev–Trinajstić information content (AvgIpc) is 3.14. The minimum Gasteiger partial charge on any atom is -0.359 e. The van der Waals surface area contributed by atoms with Crippen molar-refractivity contribution in [2.75, 3.05) is 26.2 Å². The predicted molar refractivity (Wildman–Crippen MR) is 193 cm³/mol. The summed E-state index contributed by atoms with van der Waals surface area (Å²) >= 11 is 0. The Morgan fingerprint density at radius 2 is 1.53 bits per heavy atom. The van der Waals surface area contributed by atoms with Crippen LogP contribution >= 0.6 is 0 Å².